The molecule has 1 heterocycles. The number of carbonyl (C=O) groups excluding carboxylic acids is 1. The van der Waals surface area contributed by atoms with Gasteiger partial charge in [-0.15, -0.1) is 0 Å². The largest absolute Gasteiger partial charge is 0.338 e. The lowest BCUT2D eigenvalue weighted by Crippen LogP contribution is -2.15. The van der Waals surface area contributed by atoms with Crippen LogP contribution in [0.4, 0.5) is 0 Å². The van der Waals surface area contributed by atoms with Crippen LogP contribution >= 0.6 is 23.2 Å². The molecule has 0 amide bonds. The lowest BCUT2D eigenvalue weighted by molar-refractivity contribution is -0.119. The Labute approximate surface area is 127 Å². The van der Waals surface area contributed by atoms with E-state index in [9.17, 15) is 4.79 Å². The number of halogens is 2. The average molecular weight is 313 g/mol. The molecule has 1 aromatic heterocycles. The van der Waals surface area contributed by atoms with Gasteiger partial charge in [0.1, 0.15) is 5.78 Å². The molecule has 2 rings (SSSR count). The van der Waals surface area contributed by atoms with E-state index in [4.69, 9.17) is 27.7 Å². The summed E-state index contributed by atoms with van der Waals surface area (Å²) < 4.78 is 5.22. The second kappa shape index (κ2) is 5.94. The van der Waals surface area contributed by atoms with Gasteiger partial charge < -0.3 is 4.52 Å². The molecule has 0 spiro atoms. The summed E-state index contributed by atoms with van der Waals surface area (Å²) in [7, 11) is 0. The zero-order chi connectivity index (χ0) is 14.9. The molecular formula is C14H14Cl2N2O2. The Kier molecular flexibility index (Phi) is 4.45. The van der Waals surface area contributed by atoms with E-state index in [0.29, 0.717) is 27.3 Å². The number of nitrogens with zero attached hydrogens (tertiary/aromatic N) is 2. The highest BCUT2D eigenvalue weighted by molar-refractivity contribution is 6.35. The van der Waals surface area contributed by atoms with Gasteiger partial charge in [-0.05, 0) is 31.0 Å². The fourth-order valence-electron chi connectivity index (χ4n) is 2.09. The molecule has 0 bridgehead atoms. The van der Waals surface area contributed by atoms with E-state index in [1.165, 1.54) is 6.92 Å². The molecule has 1 aromatic carbocycles. The van der Waals surface area contributed by atoms with Crippen LogP contribution < -0.4 is 0 Å². The number of hydrogen-bond acceptors (Lipinski definition) is 4. The van der Waals surface area contributed by atoms with Crippen LogP contribution in [0.1, 0.15) is 32.6 Å². The van der Waals surface area contributed by atoms with Crippen LogP contribution in [0, 0.1) is 5.92 Å². The van der Waals surface area contributed by atoms with Crippen LogP contribution in [-0.2, 0) is 4.79 Å². The third-order valence-electron chi connectivity index (χ3n) is 2.93. The molecule has 0 fully saturated rings. The van der Waals surface area contributed by atoms with Crippen molar-refractivity contribution >= 4 is 29.0 Å². The van der Waals surface area contributed by atoms with E-state index >= 15 is 0 Å². The molecule has 0 aliphatic carbocycles. The van der Waals surface area contributed by atoms with Gasteiger partial charge in [0.2, 0.25) is 11.7 Å². The number of benzene rings is 1. The van der Waals surface area contributed by atoms with Gasteiger partial charge in [-0.3, -0.25) is 4.79 Å². The SMILES string of the molecule is CC(=O)C(c1nc(-c2cc(Cl)cc(Cl)c2)no1)C(C)C. The molecule has 2 aromatic rings. The molecule has 1 unspecified atom stereocenters. The minimum Gasteiger partial charge on any atom is -0.338 e. The highest BCUT2D eigenvalue weighted by Crippen LogP contribution is 2.29. The first-order valence-corrected chi connectivity index (χ1v) is 6.94. The predicted octanol–water partition coefficient (Wildman–Crippen LogP) is 4.37. The summed E-state index contributed by atoms with van der Waals surface area (Å²) in [6, 6.07) is 5.01. The normalized spacial score (nSPS) is 12.7. The number of carbonyl (C=O) groups is 1. The second-order valence-electron chi connectivity index (χ2n) is 4.95. The van der Waals surface area contributed by atoms with Crippen LogP contribution in [0.25, 0.3) is 11.4 Å². The van der Waals surface area contributed by atoms with E-state index in [-0.39, 0.29) is 11.7 Å². The Morgan fingerprint density at radius 2 is 1.80 bits per heavy atom. The molecule has 0 radical (unpaired) electrons. The van der Waals surface area contributed by atoms with Crippen molar-refractivity contribution in [2.45, 2.75) is 26.7 Å². The first-order chi connectivity index (χ1) is 9.38. The smallest absolute Gasteiger partial charge is 0.237 e. The number of ketones is 1. The van der Waals surface area contributed by atoms with Gasteiger partial charge in [-0.25, -0.2) is 0 Å². The molecule has 0 aliphatic heterocycles. The first kappa shape index (κ1) is 15.0. The minimum atomic E-state index is -0.397. The van der Waals surface area contributed by atoms with Crippen molar-refractivity contribution in [1.29, 1.82) is 0 Å². The molecule has 106 valence electrons. The van der Waals surface area contributed by atoms with Crippen LogP contribution in [0.15, 0.2) is 22.7 Å². The van der Waals surface area contributed by atoms with Gasteiger partial charge in [0.05, 0.1) is 5.92 Å². The van der Waals surface area contributed by atoms with E-state index in [2.05, 4.69) is 10.1 Å². The van der Waals surface area contributed by atoms with Gasteiger partial charge in [0.25, 0.3) is 0 Å². The monoisotopic (exact) mass is 312 g/mol. The van der Waals surface area contributed by atoms with Gasteiger partial charge in [0, 0.05) is 15.6 Å². The Hall–Kier alpha value is -1.39. The Bertz CT molecular complexity index is 618. The van der Waals surface area contributed by atoms with Gasteiger partial charge >= 0.3 is 0 Å². The van der Waals surface area contributed by atoms with Crippen LogP contribution in [-0.4, -0.2) is 15.9 Å². The highest BCUT2D eigenvalue weighted by Gasteiger charge is 2.27. The Morgan fingerprint density at radius 1 is 1.20 bits per heavy atom. The van der Waals surface area contributed by atoms with E-state index in [1.54, 1.807) is 18.2 Å². The number of rotatable bonds is 4. The quantitative estimate of drug-likeness (QED) is 0.841. The van der Waals surface area contributed by atoms with Crippen LogP contribution in [0.5, 0.6) is 0 Å². The fraction of sp³-hybridized carbons (Fsp3) is 0.357. The van der Waals surface area contributed by atoms with Crippen molar-refractivity contribution in [3.63, 3.8) is 0 Å². The Balaban J connectivity index is 2.39. The molecule has 0 saturated heterocycles. The highest BCUT2D eigenvalue weighted by atomic mass is 35.5. The summed E-state index contributed by atoms with van der Waals surface area (Å²) in [5.74, 6) is 0.379. The van der Waals surface area contributed by atoms with Crippen LogP contribution in [0.2, 0.25) is 10.0 Å². The molecule has 0 N–H and O–H groups in total. The molecule has 4 nitrogen and oxygen atoms in total. The lowest BCUT2D eigenvalue weighted by Gasteiger charge is -2.12. The summed E-state index contributed by atoms with van der Waals surface area (Å²) in [6.07, 6.45) is 0. The van der Waals surface area contributed by atoms with Crippen molar-refractivity contribution in [1.82, 2.24) is 10.1 Å². The third kappa shape index (κ3) is 3.19. The Morgan fingerprint density at radius 3 is 2.30 bits per heavy atom. The van der Waals surface area contributed by atoms with Gasteiger partial charge in [-0.2, -0.15) is 4.98 Å². The van der Waals surface area contributed by atoms with Crippen LogP contribution in [0.3, 0.4) is 0 Å². The molecule has 1 atom stereocenters. The standard InChI is InChI=1S/C14H14Cl2N2O2/c1-7(2)12(8(3)19)14-17-13(18-20-14)9-4-10(15)6-11(16)5-9/h4-7,12H,1-3H3. The molecule has 6 heteroatoms. The molecule has 20 heavy (non-hydrogen) atoms. The maximum absolute atomic E-state index is 11.7. The molecular weight excluding hydrogens is 299 g/mol. The molecule has 0 aliphatic rings. The predicted molar refractivity (Wildman–Crippen MR) is 78.0 cm³/mol. The van der Waals surface area contributed by atoms with Gasteiger partial charge in [0.15, 0.2) is 0 Å². The summed E-state index contributed by atoms with van der Waals surface area (Å²) in [6.45, 7) is 5.39. The third-order valence-corrected chi connectivity index (χ3v) is 3.37. The second-order valence-corrected chi connectivity index (χ2v) is 5.82. The fourth-order valence-corrected chi connectivity index (χ4v) is 2.62. The maximum atomic E-state index is 11.7. The zero-order valence-electron chi connectivity index (χ0n) is 11.4. The number of Topliss-reactive ketones (excluding diaryl/α,β-unsaturated/α-hetero) is 1. The topological polar surface area (TPSA) is 56.0 Å². The van der Waals surface area contributed by atoms with E-state index < -0.39 is 5.92 Å². The number of hydrogen-bond donors (Lipinski definition) is 0. The minimum absolute atomic E-state index is 0.000624. The zero-order valence-corrected chi connectivity index (χ0v) is 12.9. The summed E-state index contributed by atoms with van der Waals surface area (Å²) in [4.78, 5) is 16.0. The summed E-state index contributed by atoms with van der Waals surface area (Å²) >= 11 is 11.9. The average Bonchev–Trinajstić information content (AvgIpc) is 2.75. The lowest BCUT2D eigenvalue weighted by atomic mass is 9.92. The summed E-state index contributed by atoms with van der Waals surface area (Å²) in [5.41, 5.74) is 0.656. The van der Waals surface area contributed by atoms with E-state index in [0.717, 1.165) is 0 Å². The van der Waals surface area contributed by atoms with E-state index in [1.807, 2.05) is 13.8 Å². The van der Waals surface area contributed by atoms with Crippen molar-refractivity contribution in [2.75, 3.05) is 0 Å². The van der Waals surface area contributed by atoms with Gasteiger partial charge in [-0.1, -0.05) is 42.2 Å². The first-order valence-electron chi connectivity index (χ1n) is 6.19. The van der Waals surface area contributed by atoms with Crippen molar-refractivity contribution in [2.24, 2.45) is 5.92 Å². The summed E-state index contributed by atoms with van der Waals surface area (Å²) in [5, 5.41) is 4.88. The maximum Gasteiger partial charge on any atom is 0.237 e. The van der Waals surface area contributed by atoms with Crippen molar-refractivity contribution in [3.8, 4) is 11.4 Å². The van der Waals surface area contributed by atoms with Crippen molar-refractivity contribution < 1.29 is 9.32 Å². The molecule has 0 saturated carbocycles. The van der Waals surface area contributed by atoms with Crippen molar-refractivity contribution in [3.05, 3.63) is 34.1 Å². The number of aromatic nitrogens is 2.